The predicted molar refractivity (Wildman–Crippen MR) is 126 cm³/mol. The van der Waals surface area contributed by atoms with Crippen LogP contribution in [0.15, 0.2) is 61.1 Å². The Kier molecular flexibility index (Phi) is 7.41. The summed E-state index contributed by atoms with van der Waals surface area (Å²) in [7, 11) is 1.30. The predicted octanol–water partition coefficient (Wildman–Crippen LogP) is 2.08. The summed E-state index contributed by atoms with van der Waals surface area (Å²) in [6.45, 7) is -0.0512. The Labute approximate surface area is 201 Å². The van der Waals surface area contributed by atoms with E-state index in [9.17, 15) is 19.5 Å². The number of aromatic amines is 1. The molecule has 0 aliphatic heterocycles. The van der Waals surface area contributed by atoms with Crippen molar-refractivity contribution in [3.05, 3.63) is 77.9 Å². The largest absolute Gasteiger partial charge is 0.480 e. The fourth-order valence-electron chi connectivity index (χ4n) is 4.19. The molecule has 2 aromatic carbocycles. The molecule has 0 saturated carbocycles. The zero-order valence-electron chi connectivity index (χ0n) is 19.1. The minimum atomic E-state index is -1.20. The summed E-state index contributed by atoms with van der Waals surface area (Å²) in [5.74, 6) is -1.96. The van der Waals surface area contributed by atoms with E-state index in [1.54, 1.807) is 0 Å². The number of hydrogen-bond acceptors (Lipinski definition) is 6. The summed E-state index contributed by atoms with van der Waals surface area (Å²) in [5.41, 5.74) is 4.98. The van der Waals surface area contributed by atoms with Gasteiger partial charge in [-0.25, -0.2) is 14.6 Å². The van der Waals surface area contributed by atoms with Crippen LogP contribution in [-0.2, 0) is 25.5 Å². The molecular weight excluding hydrogens is 452 g/mol. The van der Waals surface area contributed by atoms with E-state index in [-0.39, 0.29) is 25.5 Å². The van der Waals surface area contributed by atoms with Gasteiger partial charge in [-0.1, -0.05) is 48.5 Å². The molecule has 4 rings (SSSR count). The first-order chi connectivity index (χ1) is 17.0. The summed E-state index contributed by atoms with van der Waals surface area (Å²) in [6, 6.07) is 14.8. The van der Waals surface area contributed by atoms with Gasteiger partial charge in [0.2, 0.25) is 0 Å². The number of H-pyrrole nitrogens is 1. The molecule has 10 heteroatoms. The van der Waals surface area contributed by atoms with Crippen molar-refractivity contribution in [1.29, 1.82) is 0 Å². The lowest BCUT2D eigenvalue weighted by molar-refractivity contribution is -0.143. The van der Waals surface area contributed by atoms with E-state index >= 15 is 0 Å². The fourth-order valence-corrected chi connectivity index (χ4v) is 4.19. The number of ether oxygens (including phenoxy) is 2. The highest BCUT2D eigenvalue weighted by atomic mass is 16.5. The van der Waals surface area contributed by atoms with Crippen molar-refractivity contribution in [2.45, 2.75) is 24.5 Å². The number of carboxylic acid groups (broad SMARTS) is 1. The highest BCUT2D eigenvalue weighted by Gasteiger charge is 2.30. The van der Waals surface area contributed by atoms with Crippen molar-refractivity contribution in [2.24, 2.45) is 0 Å². The third-order valence-corrected chi connectivity index (χ3v) is 5.95. The standard InChI is InChI=1S/C25H26N4O6/c1-34-22(23(30)29-21(24(31)32)10-15-11-26-14-28-15)12-27-25(33)35-13-20-18-8-4-2-6-16(18)17-7-3-5-9-19(17)20/h2-9,11,14,20-22H,10,12-13H2,1H3,(H,26,28)(H,27,33)(H,29,30)(H,31,32). The number of nitrogens with zero attached hydrogens (tertiary/aromatic N) is 1. The number of hydrogen-bond donors (Lipinski definition) is 4. The van der Waals surface area contributed by atoms with Crippen LogP contribution in [0, 0.1) is 0 Å². The zero-order valence-corrected chi connectivity index (χ0v) is 19.1. The zero-order chi connectivity index (χ0) is 24.8. The number of imidazole rings is 1. The number of fused-ring (bicyclic) bond motifs is 3. The van der Waals surface area contributed by atoms with Crippen LogP contribution in [0.3, 0.4) is 0 Å². The molecule has 10 nitrogen and oxygen atoms in total. The number of aromatic nitrogens is 2. The van der Waals surface area contributed by atoms with Gasteiger partial charge in [-0.15, -0.1) is 0 Å². The highest BCUT2D eigenvalue weighted by Crippen LogP contribution is 2.44. The van der Waals surface area contributed by atoms with Gasteiger partial charge < -0.3 is 30.2 Å². The van der Waals surface area contributed by atoms with E-state index in [2.05, 4.69) is 20.6 Å². The molecule has 0 fully saturated rings. The minimum absolute atomic E-state index is 0.0251. The average molecular weight is 479 g/mol. The van der Waals surface area contributed by atoms with Gasteiger partial charge in [0.25, 0.3) is 5.91 Å². The molecule has 0 bridgehead atoms. The van der Waals surface area contributed by atoms with Crippen LogP contribution >= 0.6 is 0 Å². The lowest BCUT2D eigenvalue weighted by Gasteiger charge is -2.20. The summed E-state index contributed by atoms with van der Waals surface area (Å²) in [6.07, 6.45) is 1.13. The molecule has 1 aromatic heterocycles. The molecule has 1 heterocycles. The molecular formula is C25H26N4O6. The molecule has 2 unspecified atom stereocenters. The molecule has 1 aliphatic rings. The second-order valence-electron chi connectivity index (χ2n) is 8.11. The number of carboxylic acids is 1. The van der Waals surface area contributed by atoms with Crippen molar-refractivity contribution in [3.8, 4) is 11.1 Å². The monoisotopic (exact) mass is 478 g/mol. The molecule has 0 radical (unpaired) electrons. The summed E-state index contributed by atoms with van der Waals surface area (Å²) >= 11 is 0. The molecule has 1 aliphatic carbocycles. The Morgan fingerprint density at radius 1 is 1.09 bits per heavy atom. The van der Waals surface area contributed by atoms with Crippen LogP contribution in [-0.4, -0.2) is 65.5 Å². The Balaban J connectivity index is 1.30. The van der Waals surface area contributed by atoms with Crippen LogP contribution in [0.1, 0.15) is 22.7 Å². The number of carbonyl (C=O) groups excluding carboxylic acids is 2. The number of benzene rings is 2. The maximum atomic E-state index is 12.6. The quantitative estimate of drug-likeness (QED) is 0.349. The van der Waals surface area contributed by atoms with Gasteiger partial charge in [-0.05, 0) is 22.3 Å². The SMILES string of the molecule is COC(CNC(=O)OCC1c2ccccc2-c2ccccc21)C(=O)NC(Cc1cnc[nH]1)C(=O)O. The molecule has 4 N–H and O–H groups in total. The minimum Gasteiger partial charge on any atom is -0.480 e. The summed E-state index contributed by atoms with van der Waals surface area (Å²) in [4.78, 5) is 43.1. The maximum Gasteiger partial charge on any atom is 0.407 e. The third-order valence-electron chi connectivity index (χ3n) is 5.95. The summed E-state index contributed by atoms with van der Waals surface area (Å²) in [5, 5.41) is 14.4. The Hall–Kier alpha value is -4.18. The first-order valence-corrected chi connectivity index (χ1v) is 11.1. The van der Waals surface area contributed by atoms with Crippen molar-refractivity contribution in [1.82, 2.24) is 20.6 Å². The van der Waals surface area contributed by atoms with Crippen LogP contribution in [0.25, 0.3) is 11.1 Å². The lowest BCUT2D eigenvalue weighted by Crippen LogP contribution is -2.50. The maximum absolute atomic E-state index is 12.6. The molecule has 3 aromatic rings. The number of rotatable bonds is 10. The Bertz CT molecular complexity index is 1150. The van der Waals surface area contributed by atoms with Crippen molar-refractivity contribution < 1.29 is 29.0 Å². The van der Waals surface area contributed by atoms with Gasteiger partial charge >= 0.3 is 12.1 Å². The second kappa shape index (κ2) is 10.8. The third kappa shape index (κ3) is 5.49. The van der Waals surface area contributed by atoms with E-state index in [0.29, 0.717) is 5.69 Å². The lowest BCUT2D eigenvalue weighted by atomic mass is 9.98. The fraction of sp³-hybridized carbons (Fsp3) is 0.280. The number of methoxy groups -OCH3 is 1. The van der Waals surface area contributed by atoms with Gasteiger partial charge in [0, 0.05) is 31.3 Å². The van der Waals surface area contributed by atoms with Crippen LogP contribution < -0.4 is 10.6 Å². The number of aliphatic carboxylic acids is 1. The second-order valence-corrected chi connectivity index (χ2v) is 8.11. The number of nitrogens with one attached hydrogen (secondary N) is 3. The van der Waals surface area contributed by atoms with E-state index in [4.69, 9.17) is 9.47 Å². The first-order valence-electron chi connectivity index (χ1n) is 11.1. The number of carbonyl (C=O) groups is 3. The van der Waals surface area contributed by atoms with E-state index < -0.39 is 30.1 Å². The van der Waals surface area contributed by atoms with Crippen LogP contribution in [0.5, 0.6) is 0 Å². The van der Waals surface area contributed by atoms with E-state index in [1.807, 2.05) is 48.5 Å². The summed E-state index contributed by atoms with van der Waals surface area (Å²) < 4.78 is 10.6. The van der Waals surface area contributed by atoms with Crippen LogP contribution in [0.2, 0.25) is 0 Å². The van der Waals surface area contributed by atoms with Gasteiger partial charge in [0.15, 0.2) is 6.10 Å². The van der Waals surface area contributed by atoms with Gasteiger partial charge in [0.1, 0.15) is 12.6 Å². The smallest absolute Gasteiger partial charge is 0.407 e. The van der Waals surface area contributed by atoms with E-state index in [0.717, 1.165) is 22.3 Å². The van der Waals surface area contributed by atoms with Crippen molar-refractivity contribution in [3.63, 3.8) is 0 Å². The van der Waals surface area contributed by atoms with Gasteiger partial charge in [-0.2, -0.15) is 0 Å². The van der Waals surface area contributed by atoms with Gasteiger partial charge in [0.05, 0.1) is 12.9 Å². The first kappa shape index (κ1) is 24.0. The molecule has 0 spiro atoms. The topological polar surface area (TPSA) is 143 Å². The van der Waals surface area contributed by atoms with Crippen molar-refractivity contribution in [2.75, 3.05) is 20.3 Å². The average Bonchev–Trinajstić information content (AvgIpc) is 3.48. The Morgan fingerprint density at radius 3 is 2.31 bits per heavy atom. The molecule has 35 heavy (non-hydrogen) atoms. The number of alkyl carbamates (subject to hydrolysis) is 1. The molecule has 0 saturated heterocycles. The Morgan fingerprint density at radius 2 is 1.74 bits per heavy atom. The molecule has 2 amide bonds. The van der Waals surface area contributed by atoms with Crippen molar-refractivity contribution >= 4 is 18.0 Å². The van der Waals surface area contributed by atoms with E-state index in [1.165, 1.54) is 19.6 Å². The number of amides is 2. The molecule has 182 valence electrons. The van der Waals surface area contributed by atoms with Gasteiger partial charge in [-0.3, -0.25) is 4.79 Å². The highest BCUT2D eigenvalue weighted by molar-refractivity contribution is 5.87. The molecule has 2 atom stereocenters. The van der Waals surface area contributed by atoms with Crippen LogP contribution in [0.4, 0.5) is 4.79 Å². The normalized spacial score (nSPS) is 13.9.